The average Bonchev–Trinajstić information content (AvgIpc) is 2.94. The normalized spacial score (nSPS) is 16.8. The van der Waals surface area contributed by atoms with Gasteiger partial charge < -0.3 is 5.32 Å². The van der Waals surface area contributed by atoms with Crippen LogP contribution in [0.25, 0.3) is 0 Å². The summed E-state index contributed by atoms with van der Waals surface area (Å²) in [5.41, 5.74) is 1.89. The Bertz CT molecular complexity index is 578. The van der Waals surface area contributed by atoms with Crippen LogP contribution >= 0.6 is 0 Å². The molecule has 4 nitrogen and oxygen atoms in total. The topological polar surface area (TPSA) is 49.4 Å². The highest BCUT2D eigenvalue weighted by atomic mass is 32.2. The minimum absolute atomic E-state index is 0.441. The molecule has 0 heterocycles. The Morgan fingerprint density at radius 1 is 1.29 bits per heavy atom. The average molecular weight is 310 g/mol. The maximum absolute atomic E-state index is 12.8. The van der Waals surface area contributed by atoms with E-state index >= 15 is 0 Å². The third-order valence-electron chi connectivity index (χ3n) is 4.44. The summed E-state index contributed by atoms with van der Waals surface area (Å²) in [6.45, 7) is 3.21. The van der Waals surface area contributed by atoms with Gasteiger partial charge in [-0.05, 0) is 49.9 Å². The molecule has 118 valence electrons. The molecule has 1 fully saturated rings. The van der Waals surface area contributed by atoms with Gasteiger partial charge in [-0.1, -0.05) is 25.0 Å². The Balaban J connectivity index is 2.23. The van der Waals surface area contributed by atoms with E-state index in [0.717, 1.165) is 24.0 Å². The molecule has 0 atom stereocenters. The van der Waals surface area contributed by atoms with Crippen LogP contribution in [0.2, 0.25) is 0 Å². The maximum Gasteiger partial charge on any atom is 0.243 e. The van der Waals surface area contributed by atoms with Crippen LogP contribution in [0.1, 0.15) is 36.8 Å². The predicted molar refractivity (Wildman–Crippen MR) is 85.7 cm³/mol. The van der Waals surface area contributed by atoms with Crippen LogP contribution in [0.3, 0.4) is 0 Å². The number of sulfonamides is 1. The number of nitrogens with one attached hydrogen (secondary N) is 1. The Morgan fingerprint density at radius 2 is 1.95 bits per heavy atom. The fraction of sp³-hybridized carbons (Fsp3) is 0.625. The van der Waals surface area contributed by atoms with Crippen molar-refractivity contribution >= 4 is 10.0 Å². The molecule has 21 heavy (non-hydrogen) atoms. The van der Waals surface area contributed by atoms with Gasteiger partial charge in [0.2, 0.25) is 10.0 Å². The highest BCUT2D eigenvalue weighted by molar-refractivity contribution is 7.89. The molecule has 1 aromatic carbocycles. The summed E-state index contributed by atoms with van der Waals surface area (Å²) in [5.74, 6) is 0.519. The molecule has 5 heteroatoms. The fourth-order valence-corrected chi connectivity index (χ4v) is 4.66. The molecule has 1 aromatic rings. The first-order valence-electron chi connectivity index (χ1n) is 7.66. The molecule has 1 N–H and O–H groups in total. The van der Waals surface area contributed by atoms with E-state index in [2.05, 4.69) is 5.32 Å². The zero-order chi connectivity index (χ0) is 15.5. The van der Waals surface area contributed by atoms with E-state index in [1.54, 1.807) is 13.1 Å². The largest absolute Gasteiger partial charge is 0.316 e. The van der Waals surface area contributed by atoms with E-state index in [9.17, 15) is 8.42 Å². The second kappa shape index (κ2) is 6.90. The van der Waals surface area contributed by atoms with Gasteiger partial charge in [0.1, 0.15) is 0 Å². The molecule has 0 amide bonds. The van der Waals surface area contributed by atoms with Gasteiger partial charge in [0.25, 0.3) is 0 Å². The lowest BCUT2D eigenvalue weighted by atomic mass is 10.1. The van der Waals surface area contributed by atoms with Crippen molar-refractivity contribution in [2.45, 2.75) is 44.0 Å². The number of hydrogen-bond donors (Lipinski definition) is 1. The van der Waals surface area contributed by atoms with Crippen molar-refractivity contribution in [3.63, 3.8) is 0 Å². The number of rotatable bonds is 6. The third kappa shape index (κ3) is 3.65. The van der Waals surface area contributed by atoms with E-state index in [4.69, 9.17) is 0 Å². The van der Waals surface area contributed by atoms with Gasteiger partial charge in [-0.25, -0.2) is 12.7 Å². The van der Waals surface area contributed by atoms with Crippen LogP contribution in [-0.4, -0.2) is 33.4 Å². The first kappa shape index (κ1) is 16.5. The highest BCUT2D eigenvalue weighted by Gasteiger charge is 2.27. The van der Waals surface area contributed by atoms with Crippen molar-refractivity contribution in [3.8, 4) is 0 Å². The minimum atomic E-state index is -3.39. The van der Waals surface area contributed by atoms with Crippen LogP contribution in [-0.2, 0) is 16.6 Å². The Kier molecular flexibility index (Phi) is 5.41. The van der Waals surface area contributed by atoms with Gasteiger partial charge in [0.15, 0.2) is 0 Å². The summed E-state index contributed by atoms with van der Waals surface area (Å²) in [6.07, 6.45) is 4.77. The van der Waals surface area contributed by atoms with Crippen LogP contribution < -0.4 is 5.32 Å². The first-order valence-corrected chi connectivity index (χ1v) is 9.10. The SMILES string of the molecule is CNCc1cccc(S(=O)(=O)N(C)CC2CCCC2)c1C. The van der Waals surface area contributed by atoms with Crippen molar-refractivity contribution in [2.75, 3.05) is 20.6 Å². The van der Waals surface area contributed by atoms with Crippen molar-refractivity contribution in [3.05, 3.63) is 29.3 Å². The van der Waals surface area contributed by atoms with Crippen LogP contribution in [0, 0.1) is 12.8 Å². The Hall–Kier alpha value is -0.910. The standard InChI is InChI=1S/C16H26N2O2S/c1-13-15(11-17-2)9-6-10-16(13)21(19,20)18(3)12-14-7-4-5-8-14/h6,9-10,14,17H,4-5,7-8,11-12H2,1-3H3. The second-order valence-corrected chi connectivity index (χ2v) is 8.02. The van der Waals surface area contributed by atoms with Gasteiger partial charge in [0.05, 0.1) is 4.90 Å². The van der Waals surface area contributed by atoms with E-state index in [0.29, 0.717) is 23.9 Å². The monoisotopic (exact) mass is 310 g/mol. The molecule has 0 saturated heterocycles. The molecule has 1 aliphatic carbocycles. The minimum Gasteiger partial charge on any atom is -0.316 e. The maximum atomic E-state index is 12.8. The first-order chi connectivity index (χ1) is 9.96. The summed E-state index contributed by atoms with van der Waals surface area (Å²) in [6, 6.07) is 5.52. The summed E-state index contributed by atoms with van der Waals surface area (Å²) < 4.78 is 27.1. The van der Waals surface area contributed by atoms with Crippen molar-refractivity contribution in [1.82, 2.24) is 9.62 Å². The van der Waals surface area contributed by atoms with E-state index in [-0.39, 0.29) is 0 Å². The highest BCUT2D eigenvalue weighted by Crippen LogP contribution is 2.28. The quantitative estimate of drug-likeness (QED) is 0.878. The molecule has 0 spiro atoms. The molecule has 1 saturated carbocycles. The Morgan fingerprint density at radius 3 is 2.57 bits per heavy atom. The number of hydrogen-bond acceptors (Lipinski definition) is 3. The smallest absolute Gasteiger partial charge is 0.243 e. The molecule has 0 aliphatic heterocycles. The summed E-state index contributed by atoms with van der Waals surface area (Å²) in [5, 5.41) is 3.08. The van der Waals surface area contributed by atoms with Crippen LogP contribution in [0.4, 0.5) is 0 Å². The van der Waals surface area contributed by atoms with Gasteiger partial charge >= 0.3 is 0 Å². The van der Waals surface area contributed by atoms with Crippen LogP contribution in [0.15, 0.2) is 23.1 Å². The lowest BCUT2D eigenvalue weighted by molar-refractivity contribution is 0.387. The van der Waals surface area contributed by atoms with Crippen molar-refractivity contribution in [1.29, 1.82) is 0 Å². The van der Waals surface area contributed by atoms with Gasteiger partial charge in [0, 0.05) is 20.1 Å². The molecule has 0 unspecified atom stereocenters. The number of benzene rings is 1. The van der Waals surface area contributed by atoms with E-state index in [1.165, 1.54) is 17.1 Å². The zero-order valence-corrected chi connectivity index (χ0v) is 14.0. The molecule has 2 rings (SSSR count). The van der Waals surface area contributed by atoms with E-state index < -0.39 is 10.0 Å². The second-order valence-electron chi connectivity index (χ2n) is 6.01. The molecular formula is C16H26N2O2S. The lowest BCUT2D eigenvalue weighted by Crippen LogP contribution is -2.31. The molecule has 0 aromatic heterocycles. The molecule has 0 bridgehead atoms. The molecule has 0 radical (unpaired) electrons. The fourth-order valence-electron chi connectivity index (χ4n) is 3.14. The van der Waals surface area contributed by atoms with Crippen molar-refractivity contribution < 1.29 is 8.42 Å². The van der Waals surface area contributed by atoms with Gasteiger partial charge in [-0.15, -0.1) is 0 Å². The predicted octanol–water partition coefficient (Wildman–Crippen LogP) is 2.53. The van der Waals surface area contributed by atoms with Gasteiger partial charge in [-0.3, -0.25) is 0 Å². The van der Waals surface area contributed by atoms with Crippen LogP contribution in [0.5, 0.6) is 0 Å². The van der Waals surface area contributed by atoms with E-state index in [1.807, 2.05) is 26.1 Å². The van der Waals surface area contributed by atoms with Crippen molar-refractivity contribution in [2.24, 2.45) is 5.92 Å². The lowest BCUT2D eigenvalue weighted by Gasteiger charge is -2.22. The third-order valence-corrected chi connectivity index (χ3v) is 6.41. The summed E-state index contributed by atoms with van der Waals surface area (Å²) in [7, 11) is 0.182. The van der Waals surface area contributed by atoms with Gasteiger partial charge in [-0.2, -0.15) is 0 Å². The summed E-state index contributed by atoms with van der Waals surface area (Å²) in [4.78, 5) is 0.441. The zero-order valence-electron chi connectivity index (χ0n) is 13.2. The Labute approximate surface area is 128 Å². The molecule has 1 aliphatic rings. The number of nitrogens with zero attached hydrogens (tertiary/aromatic N) is 1. The molecular weight excluding hydrogens is 284 g/mol. The summed E-state index contributed by atoms with van der Waals surface area (Å²) >= 11 is 0.